The molecule has 1 aliphatic carbocycles. The topological polar surface area (TPSA) is 66.4 Å². The molecule has 0 radical (unpaired) electrons. The van der Waals surface area contributed by atoms with Crippen LogP contribution in [0.3, 0.4) is 0 Å². The molecule has 1 atom stereocenters. The quantitative estimate of drug-likeness (QED) is 0.873. The van der Waals surface area contributed by atoms with Gasteiger partial charge >= 0.3 is 5.97 Å². The number of carboxylic acids is 1. The molecule has 2 rings (SSSR count). The highest BCUT2D eigenvalue weighted by molar-refractivity contribution is 6.31. The summed E-state index contributed by atoms with van der Waals surface area (Å²) in [6, 6.07) is 3.69. The van der Waals surface area contributed by atoms with Gasteiger partial charge in [0, 0.05) is 6.04 Å². The van der Waals surface area contributed by atoms with Crippen LogP contribution in [0.4, 0.5) is 4.39 Å². The SMILES string of the molecule is O=C(O)CC(NC(=O)c1cccc(Cl)c1F)C1CC1. The minimum absolute atomic E-state index is 0.131. The number of rotatable bonds is 5. The van der Waals surface area contributed by atoms with Crippen molar-refractivity contribution in [1.82, 2.24) is 5.32 Å². The van der Waals surface area contributed by atoms with Crippen molar-refractivity contribution >= 4 is 23.5 Å². The first-order chi connectivity index (χ1) is 8.99. The predicted octanol–water partition coefficient (Wildman–Crippen LogP) is 2.46. The highest BCUT2D eigenvalue weighted by Crippen LogP contribution is 2.34. The Morgan fingerprint density at radius 3 is 2.74 bits per heavy atom. The Bertz CT molecular complexity index is 517. The molecule has 1 unspecified atom stereocenters. The van der Waals surface area contributed by atoms with Crippen LogP contribution in [-0.4, -0.2) is 23.0 Å². The van der Waals surface area contributed by atoms with Crippen LogP contribution in [0.15, 0.2) is 18.2 Å². The fraction of sp³-hybridized carbons (Fsp3) is 0.385. The third-order valence-electron chi connectivity index (χ3n) is 3.10. The van der Waals surface area contributed by atoms with Crippen molar-refractivity contribution < 1.29 is 19.1 Å². The summed E-state index contributed by atoms with van der Waals surface area (Å²) in [4.78, 5) is 22.7. The molecule has 19 heavy (non-hydrogen) atoms. The Morgan fingerprint density at radius 1 is 1.47 bits per heavy atom. The number of aliphatic carboxylic acids is 1. The Morgan fingerprint density at radius 2 is 2.16 bits per heavy atom. The fourth-order valence-corrected chi connectivity index (χ4v) is 2.12. The summed E-state index contributed by atoms with van der Waals surface area (Å²) >= 11 is 5.60. The largest absolute Gasteiger partial charge is 0.481 e. The summed E-state index contributed by atoms with van der Waals surface area (Å²) in [5.74, 6) is -2.23. The normalized spacial score (nSPS) is 15.9. The molecule has 0 spiro atoms. The second kappa shape index (κ2) is 5.57. The first kappa shape index (κ1) is 13.8. The number of nitrogens with one attached hydrogen (secondary N) is 1. The van der Waals surface area contributed by atoms with Gasteiger partial charge in [0.25, 0.3) is 5.91 Å². The Hall–Kier alpha value is -1.62. The lowest BCUT2D eigenvalue weighted by atomic mass is 10.1. The van der Waals surface area contributed by atoms with Crippen molar-refractivity contribution in [3.05, 3.63) is 34.6 Å². The second-order valence-electron chi connectivity index (χ2n) is 4.62. The number of amides is 1. The maximum atomic E-state index is 13.7. The van der Waals surface area contributed by atoms with E-state index in [4.69, 9.17) is 16.7 Å². The standard InChI is InChI=1S/C13H13ClFNO3/c14-9-3-1-2-8(12(9)15)13(19)16-10(6-11(17)18)7-4-5-7/h1-3,7,10H,4-6H2,(H,16,19)(H,17,18). The third-order valence-corrected chi connectivity index (χ3v) is 3.39. The van der Waals surface area contributed by atoms with Gasteiger partial charge in [0.1, 0.15) is 0 Å². The van der Waals surface area contributed by atoms with E-state index in [2.05, 4.69) is 5.32 Å². The number of hydrogen-bond donors (Lipinski definition) is 2. The van der Waals surface area contributed by atoms with Crippen molar-refractivity contribution in [2.45, 2.75) is 25.3 Å². The molecular weight excluding hydrogens is 273 g/mol. The van der Waals surface area contributed by atoms with Crippen molar-refractivity contribution in [3.63, 3.8) is 0 Å². The number of carbonyl (C=O) groups is 2. The van der Waals surface area contributed by atoms with E-state index in [-0.39, 0.29) is 22.9 Å². The van der Waals surface area contributed by atoms with Crippen LogP contribution in [0.25, 0.3) is 0 Å². The monoisotopic (exact) mass is 285 g/mol. The number of halogens is 2. The first-order valence-electron chi connectivity index (χ1n) is 5.95. The second-order valence-corrected chi connectivity index (χ2v) is 5.02. The molecule has 6 heteroatoms. The number of carboxylic acid groups (broad SMARTS) is 1. The molecule has 0 aliphatic heterocycles. The van der Waals surface area contributed by atoms with Crippen molar-refractivity contribution in [2.75, 3.05) is 0 Å². The molecule has 1 aromatic carbocycles. The van der Waals surface area contributed by atoms with Crippen molar-refractivity contribution in [1.29, 1.82) is 0 Å². The summed E-state index contributed by atoms with van der Waals surface area (Å²) in [5, 5.41) is 11.2. The smallest absolute Gasteiger partial charge is 0.305 e. The summed E-state index contributed by atoms with van der Waals surface area (Å²) < 4.78 is 13.7. The summed E-state index contributed by atoms with van der Waals surface area (Å²) in [5.41, 5.74) is -0.163. The van der Waals surface area contributed by atoms with Crippen molar-refractivity contribution in [3.8, 4) is 0 Å². The number of benzene rings is 1. The van der Waals surface area contributed by atoms with Crippen LogP contribution in [0.2, 0.25) is 5.02 Å². The van der Waals surface area contributed by atoms with Gasteiger partial charge in [-0.15, -0.1) is 0 Å². The van der Waals surface area contributed by atoms with Gasteiger partial charge in [-0.2, -0.15) is 0 Å². The molecule has 1 fully saturated rings. The zero-order chi connectivity index (χ0) is 14.0. The van der Waals surface area contributed by atoms with Crippen LogP contribution >= 0.6 is 11.6 Å². The zero-order valence-corrected chi connectivity index (χ0v) is 10.8. The van der Waals surface area contributed by atoms with Crippen LogP contribution in [0.1, 0.15) is 29.6 Å². The molecule has 0 aromatic heterocycles. The van der Waals surface area contributed by atoms with Gasteiger partial charge in [-0.3, -0.25) is 9.59 Å². The van der Waals surface area contributed by atoms with Crippen LogP contribution in [0.5, 0.6) is 0 Å². The minimum atomic E-state index is -0.983. The fourth-order valence-electron chi connectivity index (χ4n) is 1.95. The van der Waals surface area contributed by atoms with Crippen LogP contribution in [0, 0.1) is 11.7 Å². The first-order valence-corrected chi connectivity index (χ1v) is 6.33. The van der Waals surface area contributed by atoms with Crippen LogP contribution < -0.4 is 5.32 Å². The highest BCUT2D eigenvalue weighted by atomic mass is 35.5. The lowest BCUT2D eigenvalue weighted by Gasteiger charge is -2.16. The Kier molecular flexibility index (Phi) is 4.04. The lowest BCUT2D eigenvalue weighted by Crippen LogP contribution is -2.38. The molecule has 0 bridgehead atoms. The molecule has 1 saturated carbocycles. The van der Waals surface area contributed by atoms with E-state index in [1.54, 1.807) is 0 Å². The Balaban J connectivity index is 2.10. The predicted molar refractivity (Wildman–Crippen MR) is 67.6 cm³/mol. The van der Waals surface area contributed by atoms with Gasteiger partial charge in [-0.1, -0.05) is 17.7 Å². The van der Waals surface area contributed by atoms with Crippen molar-refractivity contribution in [2.24, 2.45) is 5.92 Å². The number of hydrogen-bond acceptors (Lipinski definition) is 2. The average molecular weight is 286 g/mol. The van der Waals surface area contributed by atoms with E-state index in [0.29, 0.717) is 0 Å². The molecule has 102 valence electrons. The van der Waals surface area contributed by atoms with Gasteiger partial charge in [-0.25, -0.2) is 4.39 Å². The summed E-state index contributed by atoms with van der Waals surface area (Å²) in [6.45, 7) is 0. The molecule has 0 heterocycles. The van der Waals surface area contributed by atoms with E-state index >= 15 is 0 Å². The molecular formula is C13H13ClFNO3. The van der Waals surface area contributed by atoms with Gasteiger partial charge in [0.2, 0.25) is 0 Å². The van der Waals surface area contributed by atoms with Gasteiger partial charge < -0.3 is 10.4 Å². The average Bonchev–Trinajstić information content (AvgIpc) is 3.15. The minimum Gasteiger partial charge on any atom is -0.481 e. The van der Waals surface area contributed by atoms with E-state index in [0.717, 1.165) is 12.8 Å². The van der Waals surface area contributed by atoms with Gasteiger partial charge in [0.05, 0.1) is 17.0 Å². The summed E-state index contributed by atoms with van der Waals surface area (Å²) in [6.07, 6.45) is 1.62. The van der Waals surface area contributed by atoms with Gasteiger partial charge in [-0.05, 0) is 30.9 Å². The van der Waals surface area contributed by atoms with E-state index in [1.807, 2.05) is 0 Å². The molecule has 4 nitrogen and oxygen atoms in total. The summed E-state index contributed by atoms with van der Waals surface area (Å²) in [7, 11) is 0. The molecule has 2 N–H and O–H groups in total. The molecule has 1 aliphatic rings. The Labute approximate surface area is 114 Å². The van der Waals surface area contributed by atoms with Crippen LogP contribution in [-0.2, 0) is 4.79 Å². The molecule has 1 amide bonds. The highest BCUT2D eigenvalue weighted by Gasteiger charge is 2.34. The third kappa shape index (κ3) is 3.44. The number of carbonyl (C=O) groups excluding carboxylic acids is 1. The maximum absolute atomic E-state index is 13.7. The lowest BCUT2D eigenvalue weighted by molar-refractivity contribution is -0.137. The van der Waals surface area contributed by atoms with E-state index in [1.165, 1.54) is 18.2 Å². The van der Waals surface area contributed by atoms with E-state index < -0.39 is 23.7 Å². The van der Waals surface area contributed by atoms with E-state index in [9.17, 15) is 14.0 Å². The molecule has 1 aromatic rings. The molecule has 0 saturated heterocycles. The maximum Gasteiger partial charge on any atom is 0.305 e. The zero-order valence-electron chi connectivity index (χ0n) is 10.0. The van der Waals surface area contributed by atoms with Gasteiger partial charge in [0.15, 0.2) is 5.82 Å².